The molecule has 1 amide bonds. The Labute approximate surface area is 144 Å². The average Bonchev–Trinajstić information content (AvgIpc) is 2.54. The van der Waals surface area contributed by atoms with Gasteiger partial charge < -0.3 is 5.32 Å². The van der Waals surface area contributed by atoms with Crippen LogP contribution in [0.25, 0.3) is 0 Å². The van der Waals surface area contributed by atoms with Gasteiger partial charge in [0.2, 0.25) is 15.9 Å². The molecule has 1 aliphatic heterocycles. The summed E-state index contributed by atoms with van der Waals surface area (Å²) in [6.45, 7) is 1.48. The second-order valence-corrected chi connectivity index (χ2v) is 9.16. The van der Waals surface area contributed by atoms with Gasteiger partial charge in [0, 0.05) is 25.0 Å². The highest BCUT2D eigenvalue weighted by Gasteiger charge is 2.39. The van der Waals surface area contributed by atoms with Gasteiger partial charge in [-0.2, -0.15) is 0 Å². The van der Waals surface area contributed by atoms with Crippen LogP contribution in [0.3, 0.4) is 0 Å². The third-order valence-electron chi connectivity index (χ3n) is 5.52. The monoisotopic (exact) mass is 350 g/mol. The molecule has 0 unspecified atom stereocenters. The Morgan fingerprint density at radius 2 is 1.96 bits per heavy atom. The van der Waals surface area contributed by atoms with Gasteiger partial charge in [0.15, 0.2) is 0 Å². The molecular formula is C18H26N2O3S. The van der Waals surface area contributed by atoms with Gasteiger partial charge in [-0.05, 0) is 31.2 Å². The van der Waals surface area contributed by atoms with E-state index in [4.69, 9.17) is 0 Å². The van der Waals surface area contributed by atoms with Crippen LogP contribution in [-0.2, 0) is 20.2 Å². The molecule has 2 aliphatic rings. The highest BCUT2D eigenvalue weighted by molar-refractivity contribution is 7.88. The molecule has 1 heterocycles. The van der Waals surface area contributed by atoms with Gasteiger partial charge in [-0.1, -0.05) is 36.8 Å². The van der Waals surface area contributed by atoms with Gasteiger partial charge in [0.1, 0.15) is 0 Å². The Hall–Kier alpha value is -1.40. The Bertz CT molecular complexity index is 683. The van der Waals surface area contributed by atoms with Crippen LogP contribution in [0.2, 0.25) is 0 Å². The van der Waals surface area contributed by atoms with Gasteiger partial charge >= 0.3 is 0 Å². The molecular weight excluding hydrogens is 324 g/mol. The van der Waals surface area contributed by atoms with Crippen LogP contribution in [0.1, 0.15) is 37.7 Å². The molecule has 6 heteroatoms. The molecule has 1 aliphatic carbocycles. The van der Waals surface area contributed by atoms with Crippen LogP contribution in [0.5, 0.6) is 0 Å². The van der Waals surface area contributed by atoms with E-state index in [2.05, 4.69) is 17.4 Å². The van der Waals surface area contributed by atoms with E-state index in [0.29, 0.717) is 19.6 Å². The summed E-state index contributed by atoms with van der Waals surface area (Å²) in [5, 5.41) is 3.11. The second-order valence-electron chi connectivity index (χ2n) is 7.18. The number of piperidine rings is 1. The first kappa shape index (κ1) is 17.4. The molecule has 2 fully saturated rings. The number of benzene rings is 1. The van der Waals surface area contributed by atoms with Gasteiger partial charge in [0.05, 0.1) is 12.2 Å². The Balaban J connectivity index is 1.61. The van der Waals surface area contributed by atoms with Crippen molar-refractivity contribution in [3.8, 4) is 0 Å². The molecule has 5 nitrogen and oxygen atoms in total. The highest BCUT2D eigenvalue weighted by Crippen LogP contribution is 2.43. The van der Waals surface area contributed by atoms with Crippen molar-refractivity contribution >= 4 is 15.9 Å². The fraction of sp³-hybridized carbons (Fsp3) is 0.611. The third kappa shape index (κ3) is 3.64. The lowest BCUT2D eigenvalue weighted by Crippen LogP contribution is -2.50. The molecule has 132 valence electrons. The summed E-state index contributed by atoms with van der Waals surface area (Å²) in [6.07, 6.45) is 6.10. The molecule has 0 aromatic heterocycles. The van der Waals surface area contributed by atoms with E-state index in [1.807, 2.05) is 18.2 Å². The maximum absolute atomic E-state index is 12.6. The van der Waals surface area contributed by atoms with Crippen molar-refractivity contribution < 1.29 is 13.2 Å². The standard InChI is InChI=1S/C18H26N2O3S/c1-24(22,23)20-12-5-7-15(13-20)17(21)19-14-18(10-6-11-18)16-8-3-2-4-9-16/h2-4,8-9,15H,5-7,10-14H2,1H3,(H,19,21)/t15-/m0/s1. The number of nitrogens with one attached hydrogen (secondary N) is 1. The molecule has 1 saturated carbocycles. The van der Waals surface area contributed by atoms with Crippen LogP contribution in [0, 0.1) is 5.92 Å². The van der Waals surface area contributed by atoms with Crippen molar-refractivity contribution in [1.82, 2.24) is 9.62 Å². The normalized spacial score (nSPS) is 24.1. The highest BCUT2D eigenvalue weighted by atomic mass is 32.2. The van der Waals surface area contributed by atoms with E-state index >= 15 is 0 Å². The molecule has 1 saturated heterocycles. The third-order valence-corrected chi connectivity index (χ3v) is 6.79. The molecule has 0 spiro atoms. The summed E-state index contributed by atoms with van der Waals surface area (Å²) in [5.74, 6) is -0.244. The molecule has 24 heavy (non-hydrogen) atoms. The van der Waals surface area contributed by atoms with Gasteiger partial charge in [0.25, 0.3) is 0 Å². The number of amides is 1. The maximum atomic E-state index is 12.6. The molecule has 3 rings (SSSR count). The van der Waals surface area contributed by atoms with E-state index in [1.165, 1.54) is 22.5 Å². The fourth-order valence-electron chi connectivity index (χ4n) is 3.82. The summed E-state index contributed by atoms with van der Waals surface area (Å²) in [6, 6.07) is 10.4. The Morgan fingerprint density at radius 1 is 1.25 bits per heavy atom. The number of rotatable bonds is 5. The zero-order valence-electron chi connectivity index (χ0n) is 14.2. The van der Waals surface area contributed by atoms with Crippen LogP contribution >= 0.6 is 0 Å². The van der Waals surface area contributed by atoms with Crippen LogP contribution < -0.4 is 5.32 Å². The summed E-state index contributed by atoms with van der Waals surface area (Å²) in [4.78, 5) is 12.6. The van der Waals surface area contributed by atoms with E-state index in [1.54, 1.807) is 0 Å². The average molecular weight is 350 g/mol. The van der Waals surface area contributed by atoms with E-state index in [-0.39, 0.29) is 17.2 Å². The maximum Gasteiger partial charge on any atom is 0.224 e. The molecule has 1 aromatic rings. The first-order valence-electron chi connectivity index (χ1n) is 8.69. The molecule has 0 bridgehead atoms. The zero-order valence-corrected chi connectivity index (χ0v) is 15.0. The van der Waals surface area contributed by atoms with Crippen molar-refractivity contribution in [2.45, 2.75) is 37.5 Å². The molecule has 0 radical (unpaired) electrons. The number of hydrogen-bond donors (Lipinski definition) is 1. The molecule has 1 N–H and O–H groups in total. The number of carbonyl (C=O) groups excluding carboxylic acids is 1. The van der Waals surface area contributed by atoms with Gasteiger partial charge in [-0.15, -0.1) is 0 Å². The van der Waals surface area contributed by atoms with Crippen LogP contribution in [0.4, 0.5) is 0 Å². The lowest BCUT2D eigenvalue weighted by atomic mass is 9.64. The van der Waals surface area contributed by atoms with Crippen molar-refractivity contribution in [3.63, 3.8) is 0 Å². The van der Waals surface area contributed by atoms with Gasteiger partial charge in [-0.3, -0.25) is 4.79 Å². The summed E-state index contributed by atoms with van der Waals surface area (Å²) in [5.41, 5.74) is 1.35. The molecule has 1 atom stereocenters. The van der Waals surface area contributed by atoms with E-state index in [0.717, 1.165) is 25.7 Å². The minimum Gasteiger partial charge on any atom is -0.355 e. The number of sulfonamides is 1. The second kappa shape index (κ2) is 6.84. The first-order valence-corrected chi connectivity index (χ1v) is 10.5. The SMILES string of the molecule is CS(=O)(=O)N1CCC[C@H](C(=O)NCC2(c3ccccc3)CCC2)C1. The lowest BCUT2D eigenvalue weighted by Gasteiger charge is -2.43. The van der Waals surface area contributed by atoms with Crippen molar-refractivity contribution in [3.05, 3.63) is 35.9 Å². The number of hydrogen-bond acceptors (Lipinski definition) is 3. The van der Waals surface area contributed by atoms with E-state index < -0.39 is 10.0 Å². The summed E-state index contributed by atoms with van der Waals surface area (Å²) < 4.78 is 24.8. The predicted octanol–water partition coefficient (Wildman–Crippen LogP) is 1.90. The van der Waals surface area contributed by atoms with E-state index in [9.17, 15) is 13.2 Å². The van der Waals surface area contributed by atoms with Crippen molar-refractivity contribution in [1.29, 1.82) is 0 Å². The topological polar surface area (TPSA) is 66.5 Å². The minimum absolute atomic E-state index is 0.00874. The van der Waals surface area contributed by atoms with Crippen LogP contribution in [0.15, 0.2) is 30.3 Å². The largest absolute Gasteiger partial charge is 0.355 e. The minimum atomic E-state index is -3.22. The lowest BCUT2D eigenvalue weighted by molar-refractivity contribution is -0.126. The fourth-order valence-corrected chi connectivity index (χ4v) is 4.73. The van der Waals surface area contributed by atoms with Crippen molar-refractivity contribution in [2.75, 3.05) is 25.9 Å². The number of nitrogens with zero attached hydrogens (tertiary/aromatic N) is 1. The predicted molar refractivity (Wildman–Crippen MR) is 94.1 cm³/mol. The quantitative estimate of drug-likeness (QED) is 0.882. The Kier molecular flexibility index (Phi) is 4.97. The van der Waals surface area contributed by atoms with Crippen LogP contribution in [-0.4, -0.2) is 44.5 Å². The van der Waals surface area contributed by atoms with Crippen molar-refractivity contribution in [2.24, 2.45) is 5.92 Å². The van der Waals surface area contributed by atoms with Gasteiger partial charge in [-0.25, -0.2) is 12.7 Å². The Morgan fingerprint density at radius 3 is 2.54 bits per heavy atom. The summed E-state index contributed by atoms with van der Waals surface area (Å²) >= 11 is 0. The molecule has 1 aromatic carbocycles. The summed E-state index contributed by atoms with van der Waals surface area (Å²) in [7, 11) is -3.22. The number of carbonyl (C=O) groups is 1. The smallest absolute Gasteiger partial charge is 0.224 e. The zero-order chi connectivity index (χ0) is 17.2. The first-order chi connectivity index (χ1) is 11.4.